The monoisotopic (exact) mass is 405 g/mol. The van der Waals surface area contributed by atoms with Crippen LogP contribution in [0.1, 0.15) is 17.9 Å². The number of carboxylic acids is 1. The van der Waals surface area contributed by atoms with E-state index in [0.717, 1.165) is 37.4 Å². The van der Waals surface area contributed by atoms with Gasteiger partial charge in [0.1, 0.15) is 0 Å². The largest absolute Gasteiger partial charge is 0.481 e. The molecule has 2 N–H and O–H groups in total. The highest BCUT2D eigenvalue weighted by atomic mass is 16.4. The van der Waals surface area contributed by atoms with E-state index in [2.05, 4.69) is 37.1 Å². The van der Waals surface area contributed by atoms with Crippen LogP contribution >= 0.6 is 0 Å². The maximum Gasteiger partial charge on any atom is 0.307 e. The van der Waals surface area contributed by atoms with E-state index in [1.54, 1.807) is 12.4 Å². The van der Waals surface area contributed by atoms with Crippen LogP contribution in [0.2, 0.25) is 0 Å². The summed E-state index contributed by atoms with van der Waals surface area (Å²) in [4.78, 5) is 33.9. The van der Waals surface area contributed by atoms with Gasteiger partial charge in [0.2, 0.25) is 5.95 Å². The molecule has 5 rings (SSSR count). The topological polar surface area (TPSA) is 107 Å². The first kappa shape index (κ1) is 18.7. The fraction of sp³-hybridized carbons (Fsp3) is 0.381. The molecule has 0 spiro atoms. The average molecular weight is 405 g/mol. The number of aliphatic carboxylic acids is 1. The van der Waals surface area contributed by atoms with Crippen molar-refractivity contribution in [2.45, 2.75) is 12.3 Å². The predicted molar refractivity (Wildman–Crippen MR) is 113 cm³/mol. The van der Waals surface area contributed by atoms with Crippen LogP contribution in [0.15, 0.2) is 36.7 Å². The molecule has 3 aromatic rings. The number of aromatic nitrogens is 4. The van der Waals surface area contributed by atoms with Gasteiger partial charge in [-0.1, -0.05) is 12.1 Å². The molecule has 2 atom stereocenters. The van der Waals surface area contributed by atoms with Crippen LogP contribution in [0, 0.1) is 5.92 Å². The Bertz CT molecular complexity index is 1100. The first-order valence-electron chi connectivity index (χ1n) is 10.1. The third-order valence-electron chi connectivity index (χ3n) is 5.79. The molecular formula is C21H23N7O2. The minimum atomic E-state index is -0.729. The highest BCUT2D eigenvalue weighted by Crippen LogP contribution is 2.48. The Hall–Kier alpha value is -3.33. The number of fused-ring (bicyclic) bond motifs is 1. The van der Waals surface area contributed by atoms with Crippen LogP contribution < -0.4 is 10.2 Å². The van der Waals surface area contributed by atoms with E-state index in [-0.39, 0.29) is 11.8 Å². The lowest BCUT2D eigenvalue weighted by Crippen LogP contribution is -2.45. The fourth-order valence-electron chi connectivity index (χ4n) is 3.91. The van der Waals surface area contributed by atoms with Gasteiger partial charge >= 0.3 is 5.97 Å². The molecule has 2 aromatic heterocycles. The van der Waals surface area contributed by atoms with E-state index in [9.17, 15) is 9.90 Å². The van der Waals surface area contributed by atoms with Crippen molar-refractivity contribution in [3.8, 4) is 0 Å². The molecule has 1 aliphatic heterocycles. The third-order valence-corrected chi connectivity index (χ3v) is 5.79. The number of hydrogen-bond acceptors (Lipinski definition) is 8. The summed E-state index contributed by atoms with van der Waals surface area (Å²) in [6, 6.07) is 7.85. The van der Waals surface area contributed by atoms with Crippen LogP contribution in [0.25, 0.3) is 11.2 Å². The molecule has 0 amide bonds. The Kier molecular flexibility index (Phi) is 4.66. The van der Waals surface area contributed by atoms with E-state index in [0.29, 0.717) is 29.4 Å². The van der Waals surface area contributed by atoms with Gasteiger partial charge in [0.25, 0.3) is 0 Å². The van der Waals surface area contributed by atoms with Crippen molar-refractivity contribution in [2.75, 3.05) is 43.4 Å². The summed E-state index contributed by atoms with van der Waals surface area (Å²) in [7, 11) is 2.11. The molecule has 1 aliphatic carbocycles. The maximum atomic E-state index is 11.2. The third kappa shape index (κ3) is 3.63. The number of piperazine rings is 1. The highest BCUT2D eigenvalue weighted by molar-refractivity contribution is 5.85. The van der Waals surface area contributed by atoms with Crippen molar-refractivity contribution < 1.29 is 9.90 Å². The van der Waals surface area contributed by atoms with Crippen molar-refractivity contribution in [3.63, 3.8) is 0 Å². The van der Waals surface area contributed by atoms with E-state index in [1.165, 1.54) is 0 Å². The summed E-state index contributed by atoms with van der Waals surface area (Å²) in [6.07, 6.45) is 3.95. The summed E-state index contributed by atoms with van der Waals surface area (Å²) < 4.78 is 0. The zero-order chi connectivity index (χ0) is 20.7. The Morgan fingerprint density at radius 2 is 1.93 bits per heavy atom. The van der Waals surface area contributed by atoms with Crippen LogP contribution in [0.5, 0.6) is 0 Å². The minimum absolute atomic E-state index is 0.0760. The molecule has 0 bridgehead atoms. The number of hydrogen-bond donors (Lipinski definition) is 2. The molecule has 3 heterocycles. The van der Waals surface area contributed by atoms with E-state index < -0.39 is 5.97 Å². The van der Waals surface area contributed by atoms with Gasteiger partial charge in [-0.25, -0.2) is 9.97 Å². The molecule has 154 valence electrons. The van der Waals surface area contributed by atoms with E-state index in [4.69, 9.17) is 4.98 Å². The smallest absolute Gasteiger partial charge is 0.307 e. The zero-order valence-corrected chi connectivity index (χ0v) is 16.7. The van der Waals surface area contributed by atoms with Gasteiger partial charge < -0.3 is 20.2 Å². The second-order valence-corrected chi connectivity index (χ2v) is 7.93. The Morgan fingerprint density at radius 1 is 1.13 bits per heavy atom. The number of nitrogens with zero attached hydrogens (tertiary/aromatic N) is 6. The van der Waals surface area contributed by atoms with Gasteiger partial charge in [0.05, 0.1) is 5.92 Å². The van der Waals surface area contributed by atoms with Crippen LogP contribution in [-0.4, -0.2) is 69.1 Å². The summed E-state index contributed by atoms with van der Waals surface area (Å²) in [5.74, 6) is 0.307. The highest BCUT2D eigenvalue weighted by Gasteiger charge is 2.44. The van der Waals surface area contributed by atoms with Crippen molar-refractivity contribution in [3.05, 3.63) is 42.2 Å². The molecule has 30 heavy (non-hydrogen) atoms. The first-order chi connectivity index (χ1) is 14.6. The normalized spacial score (nSPS) is 21.6. The van der Waals surface area contributed by atoms with Crippen molar-refractivity contribution in [2.24, 2.45) is 5.92 Å². The van der Waals surface area contributed by atoms with Gasteiger partial charge in [-0.2, -0.15) is 9.97 Å². The second-order valence-electron chi connectivity index (χ2n) is 7.93. The quantitative estimate of drug-likeness (QED) is 0.660. The number of rotatable bonds is 5. The predicted octanol–water partition coefficient (Wildman–Crippen LogP) is 2.10. The summed E-state index contributed by atoms with van der Waals surface area (Å²) in [5, 5.41) is 12.6. The lowest BCUT2D eigenvalue weighted by molar-refractivity contribution is -0.138. The van der Waals surface area contributed by atoms with Gasteiger partial charge in [-0.15, -0.1) is 0 Å². The lowest BCUT2D eigenvalue weighted by atomic mass is 10.1. The molecule has 1 saturated carbocycles. The van der Waals surface area contributed by atoms with Crippen LogP contribution in [0.4, 0.5) is 17.5 Å². The van der Waals surface area contributed by atoms with Gasteiger partial charge in [0.15, 0.2) is 17.0 Å². The Labute approximate surface area is 173 Å². The van der Waals surface area contributed by atoms with Crippen molar-refractivity contribution >= 4 is 34.6 Å². The van der Waals surface area contributed by atoms with E-state index >= 15 is 0 Å². The summed E-state index contributed by atoms with van der Waals surface area (Å²) in [6.45, 7) is 3.63. The summed E-state index contributed by atoms with van der Waals surface area (Å²) >= 11 is 0. The van der Waals surface area contributed by atoms with Crippen LogP contribution in [0.3, 0.4) is 0 Å². The molecular weight excluding hydrogens is 382 g/mol. The zero-order valence-electron chi connectivity index (χ0n) is 16.7. The van der Waals surface area contributed by atoms with Gasteiger partial charge in [-0.05, 0) is 37.1 Å². The summed E-state index contributed by atoms with van der Waals surface area (Å²) in [5.41, 5.74) is 3.03. The number of carboxylic acid groups (broad SMARTS) is 1. The van der Waals surface area contributed by atoms with Crippen molar-refractivity contribution in [1.82, 2.24) is 24.8 Å². The molecule has 2 fully saturated rings. The lowest BCUT2D eigenvalue weighted by Gasteiger charge is -2.32. The van der Waals surface area contributed by atoms with Crippen molar-refractivity contribution in [1.29, 1.82) is 0 Å². The molecule has 1 aromatic carbocycles. The standard InChI is InChI=1S/C21H23N7O2/c1-27-7-9-28(10-8-27)21-25-18-17(22-5-6-23-18)19(26-21)24-14-4-2-3-13(11-14)15-12-16(15)20(29)30/h2-6,11,15-16H,7-10,12H2,1H3,(H,29,30)(H,23,24,25,26)/t15-,16+/m1/s1. The Morgan fingerprint density at radius 3 is 2.70 bits per heavy atom. The van der Waals surface area contributed by atoms with Gasteiger partial charge in [-0.3, -0.25) is 4.79 Å². The molecule has 0 unspecified atom stereocenters. The minimum Gasteiger partial charge on any atom is -0.481 e. The molecule has 9 nitrogen and oxygen atoms in total. The number of anilines is 3. The fourth-order valence-corrected chi connectivity index (χ4v) is 3.91. The SMILES string of the molecule is CN1CCN(c2nc(Nc3cccc([C@H]4C[C@@H]4C(=O)O)c3)c3nccnc3n2)CC1. The number of benzene rings is 1. The number of likely N-dealkylation sites (N-methyl/N-ethyl adjacent to an activating group) is 1. The second kappa shape index (κ2) is 7.49. The van der Waals surface area contributed by atoms with Crippen LogP contribution in [-0.2, 0) is 4.79 Å². The average Bonchev–Trinajstić information content (AvgIpc) is 3.56. The number of carbonyl (C=O) groups is 1. The molecule has 0 radical (unpaired) electrons. The van der Waals surface area contributed by atoms with Gasteiger partial charge in [0, 0.05) is 44.3 Å². The first-order valence-corrected chi connectivity index (χ1v) is 10.1. The molecule has 2 aliphatic rings. The maximum absolute atomic E-state index is 11.2. The van der Waals surface area contributed by atoms with E-state index in [1.807, 2.05) is 24.3 Å². The molecule has 1 saturated heterocycles. The molecule has 9 heteroatoms. The Balaban J connectivity index is 1.46. The number of nitrogens with one attached hydrogen (secondary N) is 1.